The number of imide groups is 1. The molecule has 6 nitrogen and oxygen atoms in total. The SMILES string of the molecule is O=C1NC(=O)C(CCNC(=O)c2ccc(Br)cc2)N1. The number of rotatable bonds is 4. The van der Waals surface area contributed by atoms with Crippen LogP contribution in [0.5, 0.6) is 0 Å². The molecule has 1 atom stereocenters. The molecule has 0 bridgehead atoms. The highest BCUT2D eigenvalue weighted by Crippen LogP contribution is 2.10. The summed E-state index contributed by atoms with van der Waals surface area (Å²) in [5, 5.41) is 7.30. The van der Waals surface area contributed by atoms with Crippen molar-refractivity contribution in [2.75, 3.05) is 6.54 Å². The van der Waals surface area contributed by atoms with E-state index in [1.165, 1.54) is 0 Å². The van der Waals surface area contributed by atoms with E-state index in [0.717, 1.165) is 4.47 Å². The van der Waals surface area contributed by atoms with E-state index in [1.54, 1.807) is 24.3 Å². The van der Waals surface area contributed by atoms with Crippen molar-refractivity contribution in [2.24, 2.45) is 0 Å². The quantitative estimate of drug-likeness (QED) is 0.715. The third-order valence-electron chi connectivity index (χ3n) is 2.68. The van der Waals surface area contributed by atoms with Gasteiger partial charge in [0.15, 0.2) is 0 Å². The standard InChI is InChI=1S/C12H12BrN3O3/c13-8-3-1-7(2-4-8)10(17)14-6-5-9-11(18)16-12(19)15-9/h1-4,9H,5-6H2,(H,14,17)(H2,15,16,18,19). The number of urea groups is 1. The summed E-state index contributed by atoms with van der Waals surface area (Å²) in [5.74, 6) is -0.569. The summed E-state index contributed by atoms with van der Waals surface area (Å²) < 4.78 is 0.898. The van der Waals surface area contributed by atoms with E-state index >= 15 is 0 Å². The van der Waals surface area contributed by atoms with Crippen LogP contribution < -0.4 is 16.0 Å². The van der Waals surface area contributed by atoms with Crippen molar-refractivity contribution in [3.8, 4) is 0 Å². The first-order valence-electron chi connectivity index (χ1n) is 5.71. The molecule has 7 heteroatoms. The summed E-state index contributed by atoms with van der Waals surface area (Å²) in [4.78, 5) is 33.9. The molecule has 100 valence electrons. The van der Waals surface area contributed by atoms with Gasteiger partial charge in [-0.1, -0.05) is 15.9 Å². The molecule has 1 aromatic carbocycles. The van der Waals surface area contributed by atoms with Crippen LogP contribution in [0.4, 0.5) is 4.79 Å². The Morgan fingerprint density at radius 1 is 1.26 bits per heavy atom. The van der Waals surface area contributed by atoms with E-state index in [1.807, 2.05) is 0 Å². The van der Waals surface area contributed by atoms with Crippen LogP contribution in [-0.4, -0.2) is 30.4 Å². The number of carbonyl (C=O) groups is 3. The lowest BCUT2D eigenvalue weighted by molar-refractivity contribution is -0.120. The average Bonchev–Trinajstić information content (AvgIpc) is 2.68. The molecule has 3 N–H and O–H groups in total. The number of nitrogens with one attached hydrogen (secondary N) is 3. The minimum atomic E-state index is -0.572. The van der Waals surface area contributed by atoms with E-state index in [4.69, 9.17) is 0 Å². The summed E-state index contributed by atoms with van der Waals surface area (Å²) in [6, 6.07) is 5.89. The first kappa shape index (κ1) is 13.5. The molecule has 1 saturated heterocycles. The lowest BCUT2D eigenvalue weighted by Crippen LogP contribution is -2.34. The van der Waals surface area contributed by atoms with Crippen molar-refractivity contribution in [1.29, 1.82) is 0 Å². The fourth-order valence-corrected chi connectivity index (χ4v) is 1.96. The van der Waals surface area contributed by atoms with Gasteiger partial charge >= 0.3 is 6.03 Å². The van der Waals surface area contributed by atoms with Gasteiger partial charge in [0, 0.05) is 16.6 Å². The van der Waals surface area contributed by atoms with Crippen LogP contribution in [0.3, 0.4) is 0 Å². The molecule has 0 aromatic heterocycles. The van der Waals surface area contributed by atoms with Crippen molar-refractivity contribution in [3.05, 3.63) is 34.3 Å². The number of carbonyl (C=O) groups excluding carboxylic acids is 3. The van der Waals surface area contributed by atoms with Gasteiger partial charge in [-0.05, 0) is 30.7 Å². The molecule has 4 amide bonds. The second-order valence-corrected chi connectivity index (χ2v) is 4.98. The Morgan fingerprint density at radius 2 is 1.95 bits per heavy atom. The van der Waals surface area contributed by atoms with Crippen LogP contribution in [-0.2, 0) is 4.79 Å². The third kappa shape index (κ3) is 3.54. The van der Waals surface area contributed by atoms with Crippen LogP contribution in [0, 0.1) is 0 Å². The largest absolute Gasteiger partial charge is 0.352 e. The van der Waals surface area contributed by atoms with Gasteiger partial charge in [-0.3, -0.25) is 14.9 Å². The topological polar surface area (TPSA) is 87.3 Å². The summed E-state index contributed by atoms with van der Waals surface area (Å²) in [6.45, 7) is 0.313. The minimum Gasteiger partial charge on any atom is -0.352 e. The van der Waals surface area contributed by atoms with Crippen molar-refractivity contribution in [1.82, 2.24) is 16.0 Å². The van der Waals surface area contributed by atoms with Gasteiger partial charge in [0.1, 0.15) is 6.04 Å². The molecule has 1 aliphatic rings. The second-order valence-electron chi connectivity index (χ2n) is 4.07. The molecule has 2 rings (SSSR count). The van der Waals surface area contributed by atoms with E-state index in [2.05, 4.69) is 31.9 Å². The Bertz CT molecular complexity index is 515. The zero-order chi connectivity index (χ0) is 13.8. The van der Waals surface area contributed by atoms with Gasteiger partial charge in [-0.2, -0.15) is 0 Å². The van der Waals surface area contributed by atoms with Gasteiger partial charge in [-0.25, -0.2) is 4.79 Å². The highest BCUT2D eigenvalue weighted by molar-refractivity contribution is 9.10. The number of hydrogen-bond donors (Lipinski definition) is 3. The molecular weight excluding hydrogens is 314 g/mol. The first-order chi connectivity index (χ1) is 9.06. The van der Waals surface area contributed by atoms with E-state index in [9.17, 15) is 14.4 Å². The fourth-order valence-electron chi connectivity index (χ4n) is 1.70. The minimum absolute atomic E-state index is 0.211. The Balaban J connectivity index is 1.79. The second kappa shape index (κ2) is 5.83. The van der Waals surface area contributed by atoms with Crippen LogP contribution >= 0.6 is 15.9 Å². The van der Waals surface area contributed by atoms with Crippen molar-refractivity contribution < 1.29 is 14.4 Å². The lowest BCUT2D eigenvalue weighted by atomic mass is 10.2. The van der Waals surface area contributed by atoms with Crippen LogP contribution in [0.15, 0.2) is 28.7 Å². The average molecular weight is 326 g/mol. The molecule has 0 aliphatic carbocycles. The van der Waals surface area contributed by atoms with Crippen molar-refractivity contribution in [3.63, 3.8) is 0 Å². The molecule has 1 heterocycles. The summed E-state index contributed by atoms with van der Waals surface area (Å²) in [7, 11) is 0. The number of hydrogen-bond acceptors (Lipinski definition) is 3. The first-order valence-corrected chi connectivity index (χ1v) is 6.50. The Kier molecular flexibility index (Phi) is 4.16. The predicted molar refractivity (Wildman–Crippen MR) is 71.6 cm³/mol. The van der Waals surface area contributed by atoms with Crippen molar-refractivity contribution in [2.45, 2.75) is 12.5 Å². The normalized spacial score (nSPS) is 17.8. The van der Waals surface area contributed by atoms with Gasteiger partial charge in [0.2, 0.25) is 0 Å². The number of benzene rings is 1. The zero-order valence-corrected chi connectivity index (χ0v) is 11.5. The maximum atomic E-state index is 11.8. The molecule has 0 spiro atoms. The molecule has 0 radical (unpaired) electrons. The highest BCUT2D eigenvalue weighted by Gasteiger charge is 2.28. The number of amides is 4. The van der Waals surface area contributed by atoms with E-state index in [0.29, 0.717) is 18.5 Å². The molecule has 1 aromatic rings. The fraction of sp³-hybridized carbons (Fsp3) is 0.250. The van der Waals surface area contributed by atoms with Crippen LogP contribution in [0.25, 0.3) is 0 Å². The Labute approximate surface area is 118 Å². The highest BCUT2D eigenvalue weighted by atomic mass is 79.9. The summed E-state index contributed by atoms with van der Waals surface area (Å²) >= 11 is 3.29. The van der Waals surface area contributed by atoms with Crippen molar-refractivity contribution >= 4 is 33.8 Å². The van der Waals surface area contributed by atoms with E-state index < -0.39 is 12.1 Å². The van der Waals surface area contributed by atoms with Crippen LogP contribution in [0.2, 0.25) is 0 Å². The predicted octanol–water partition coefficient (Wildman–Crippen LogP) is 0.777. The Hall–Kier alpha value is -1.89. The molecule has 1 fully saturated rings. The summed E-state index contributed by atoms with van der Waals surface area (Å²) in [6.07, 6.45) is 0.361. The summed E-state index contributed by atoms with van der Waals surface area (Å²) in [5.41, 5.74) is 0.545. The molecular formula is C12H12BrN3O3. The van der Waals surface area contributed by atoms with Gasteiger partial charge in [-0.15, -0.1) is 0 Å². The molecule has 0 saturated carbocycles. The van der Waals surface area contributed by atoms with Gasteiger partial charge in [0.05, 0.1) is 0 Å². The van der Waals surface area contributed by atoms with E-state index in [-0.39, 0.29) is 11.8 Å². The van der Waals surface area contributed by atoms with Crippen LogP contribution in [0.1, 0.15) is 16.8 Å². The number of halogens is 1. The molecule has 1 aliphatic heterocycles. The lowest BCUT2D eigenvalue weighted by Gasteiger charge is -2.08. The van der Waals surface area contributed by atoms with Gasteiger partial charge < -0.3 is 10.6 Å². The maximum Gasteiger partial charge on any atom is 0.322 e. The van der Waals surface area contributed by atoms with Gasteiger partial charge in [0.25, 0.3) is 11.8 Å². The zero-order valence-electron chi connectivity index (χ0n) is 9.90. The maximum absolute atomic E-state index is 11.8. The molecule has 1 unspecified atom stereocenters. The third-order valence-corrected chi connectivity index (χ3v) is 3.21. The smallest absolute Gasteiger partial charge is 0.322 e. The monoisotopic (exact) mass is 325 g/mol. The molecule has 19 heavy (non-hydrogen) atoms. The Morgan fingerprint density at radius 3 is 2.53 bits per heavy atom.